The van der Waals surface area contributed by atoms with Gasteiger partial charge in [-0.05, 0) is 48.5 Å². The van der Waals surface area contributed by atoms with Gasteiger partial charge in [0.1, 0.15) is 9.96 Å². The molecule has 0 aliphatic heterocycles. The van der Waals surface area contributed by atoms with Crippen LogP contribution in [-0.2, 0) is 16.6 Å². The van der Waals surface area contributed by atoms with Crippen LogP contribution >= 0.6 is 11.3 Å². The van der Waals surface area contributed by atoms with Crippen molar-refractivity contribution in [1.29, 1.82) is 0 Å². The Kier molecular flexibility index (Phi) is 6.46. The van der Waals surface area contributed by atoms with Gasteiger partial charge >= 0.3 is 0 Å². The second-order valence-corrected chi connectivity index (χ2v) is 11.0. The number of thiophene rings is 1. The maximum atomic E-state index is 13.1. The summed E-state index contributed by atoms with van der Waals surface area (Å²) in [6.45, 7) is 0.223. The number of carbonyl (C=O) groups excluding carboxylic acids is 1. The molecule has 1 N–H and O–H groups in total. The molecule has 7 nitrogen and oxygen atoms in total. The molecule has 170 valence electrons. The molecule has 0 spiro atoms. The van der Waals surface area contributed by atoms with Crippen molar-refractivity contribution in [3.63, 3.8) is 0 Å². The zero-order valence-corrected chi connectivity index (χ0v) is 20.0. The largest absolute Gasteiger partial charge is 0.497 e. The fraction of sp³-hybridized carbons (Fsp3) is 0.167. The summed E-state index contributed by atoms with van der Waals surface area (Å²) in [4.78, 5) is 18.6. The molecule has 0 aliphatic carbocycles. The summed E-state index contributed by atoms with van der Waals surface area (Å²) >= 11 is 1.14. The van der Waals surface area contributed by atoms with Gasteiger partial charge in [0.25, 0.3) is 15.9 Å². The van der Waals surface area contributed by atoms with Crippen molar-refractivity contribution in [2.75, 3.05) is 21.2 Å². The molecule has 2 aromatic carbocycles. The molecule has 4 rings (SSSR count). The molecule has 0 bridgehead atoms. The molecule has 0 saturated carbocycles. The van der Waals surface area contributed by atoms with Gasteiger partial charge in [-0.25, -0.2) is 17.7 Å². The van der Waals surface area contributed by atoms with Crippen LogP contribution in [0, 0.1) is 0 Å². The van der Waals surface area contributed by atoms with Crippen molar-refractivity contribution >= 4 is 38.2 Å². The molecule has 0 unspecified atom stereocenters. The lowest BCUT2D eigenvalue weighted by atomic mass is 10.0. The molecule has 2 aromatic heterocycles. The molecule has 2 heterocycles. The van der Waals surface area contributed by atoms with Crippen LogP contribution in [-0.4, -0.2) is 44.8 Å². The van der Waals surface area contributed by atoms with E-state index >= 15 is 0 Å². The average molecular weight is 482 g/mol. The third-order valence-corrected chi connectivity index (χ3v) is 8.51. The van der Waals surface area contributed by atoms with Crippen LogP contribution in [0.4, 0.5) is 0 Å². The Balaban J connectivity index is 1.62. The van der Waals surface area contributed by atoms with Crippen LogP contribution in [0.2, 0.25) is 0 Å². The van der Waals surface area contributed by atoms with Gasteiger partial charge in [-0.1, -0.05) is 18.2 Å². The summed E-state index contributed by atoms with van der Waals surface area (Å²) < 4.78 is 31.2. The number of para-hydroxylation sites is 1. The fourth-order valence-corrected chi connectivity index (χ4v) is 5.77. The number of hydrogen-bond acceptors (Lipinski definition) is 6. The van der Waals surface area contributed by atoms with E-state index in [-0.39, 0.29) is 16.7 Å². The Labute approximate surface area is 196 Å². The van der Waals surface area contributed by atoms with Crippen molar-refractivity contribution in [2.45, 2.75) is 10.8 Å². The van der Waals surface area contributed by atoms with Crippen molar-refractivity contribution in [2.24, 2.45) is 0 Å². The van der Waals surface area contributed by atoms with Gasteiger partial charge in [0, 0.05) is 29.9 Å². The number of nitrogens with one attached hydrogen (secondary N) is 1. The maximum Gasteiger partial charge on any atom is 0.252 e. The van der Waals surface area contributed by atoms with Gasteiger partial charge < -0.3 is 10.1 Å². The number of benzene rings is 2. The fourth-order valence-electron chi connectivity index (χ4n) is 3.31. The second kappa shape index (κ2) is 9.30. The maximum absolute atomic E-state index is 13.1. The number of nitrogens with zero attached hydrogens (tertiary/aromatic N) is 2. The number of aromatic nitrogens is 1. The van der Waals surface area contributed by atoms with Gasteiger partial charge in [0.05, 0.1) is 30.4 Å². The van der Waals surface area contributed by atoms with Crippen molar-refractivity contribution in [3.05, 3.63) is 77.2 Å². The molecular weight excluding hydrogens is 458 g/mol. The van der Waals surface area contributed by atoms with Crippen LogP contribution < -0.4 is 10.1 Å². The highest BCUT2D eigenvalue weighted by atomic mass is 32.2. The van der Waals surface area contributed by atoms with E-state index in [4.69, 9.17) is 9.72 Å². The first kappa shape index (κ1) is 22.9. The highest BCUT2D eigenvalue weighted by Crippen LogP contribution is 2.27. The standard InChI is InChI=1S/C24H23N3O4S2/c1-27(2)33(29,30)23-13-12-18(32-23)15-25-24(28)20-14-22(16-8-10-17(31-3)11-9-16)26-21-7-5-4-6-19(20)21/h4-14H,15H2,1-3H3,(H,25,28). The number of sulfonamides is 1. The highest BCUT2D eigenvalue weighted by Gasteiger charge is 2.20. The van der Waals surface area contributed by atoms with Gasteiger partial charge in [-0.2, -0.15) is 0 Å². The van der Waals surface area contributed by atoms with Gasteiger partial charge in [0.2, 0.25) is 0 Å². The monoisotopic (exact) mass is 481 g/mol. The average Bonchev–Trinajstić information content (AvgIpc) is 3.32. The Morgan fingerprint density at radius 1 is 1.06 bits per heavy atom. The topological polar surface area (TPSA) is 88.6 Å². The first-order valence-corrected chi connectivity index (χ1v) is 12.4. The third-order valence-electron chi connectivity index (χ3n) is 5.14. The lowest BCUT2D eigenvalue weighted by Gasteiger charge is -2.11. The zero-order chi connectivity index (χ0) is 23.6. The van der Waals surface area contributed by atoms with Gasteiger partial charge in [-0.3, -0.25) is 4.79 Å². The molecule has 0 radical (unpaired) electrons. The normalized spacial score (nSPS) is 11.6. The molecule has 9 heteroatoms. The summed E-state index contributed by atoms with van der Waals surface area (Å²) in [5, 5.41) is 3.66. The summed E-state index contributed by atoms with van der Waals surface area (Å²) in [6.07, 6.45) is 0. The molecule has 0 fully saturated rings. The third kappa shape index (κ3) is 4.75. The summed E-state index contributed by atoms with van der Waals surface area (Å²) in [5.74, 6) is 0.484. The minimum absolute atomic E-state index is 0.223. The number of rotatable bonds is 7. The number of fused-ring (bicyclic) bond motifs is 1. The molecule has 0 atom stereocenters. The Hall–Kier alpha value is -3.27. The SMILES string of the molecule is COc1ccc(-c2cc(C(=O)NCc3ccc(S(=O)(=O)N(C)C)s3)c3ccccc3n2)cc1. The lowest BCUT2D eigenvalue weighted by Crippen LogP contribution is -2.23. The Morgan fingerprint density at radius 2 is 1.79 bits per heavy atom. The van der Waals surface area contributed by atoms with E-state index in [1.807, 2.05) is 48.5 Å². The first-order valence-electron chi connectivity index (χ1n) is 10.1. The first-order chi connectivity index (χ1) is 15.8. The van der Waals surface area contributed by atoms with E-state index in [0.717, 1.165) is 32.9 Å². The summed E-state index contributed by atoms with van der Waals surface area (Å²) in [5.41, 5.74) is 2.76. The van der Waals surface area contributed by atoms with Crippen LogP contribution in [0.1, 0.15) is 15.2 Å². The number of carbonyl (C=O) groups is 1. The second-order valence-electron chi connectivity index (χ2n) is 7.49. The summed E-state index contributed by atoms with van der Waals surface area (Å²) in [6, 6.07) is 20.0. The predicted octanol–water partition coefficient (Wildman–Crippen LogP) is 4.15. The van der Waals surface area contributed by atoms with E-state index in [0.29, 0.717) is 16.8 Å². The smallest absolute Gasteiger partial charge is 0.252 e. The van der Waals surface area contributed by atoms with Crippen molar-refractivity contribution in [1.82, 2.24) is 14.6 Å². The number of pyridine rings is 1. The van der Waals surface area contributed by atoms with Crippen LogP contribution in [0.25, 0.3) is 22.2 Å². The zero-order valence-electron chi connectivity index (χ0n) is 18.4. The molecule has 0 aliphatic rings. The Bertz CT molecular complexity index is 1410. The van der Waals surface area contributed by atoms with Crippen molar-refractivity contribution in [3.8, 4) is 17.0 Å². The Morgan fingerprint density at radius 3 is 2.48 bits per heavy atom. The van der Waals surface area contributed by atoms with Gasteiger partial charge in [0.15, 0.2) is 0 Å². The van der Waals surface area contributed by atoms with E-state index in [1.165, 1.54) is 18.4 Å². The van der Waals surface area contributed by atoms with Gasteiger partial charge in [-0.15, -0.1) is 11.3 Å². The predicted molar refractivity (Wildman–Crippen MR) is 130 cm³/mol. The van der Waals surface area contributed by atoms with Crippen LogP contribution in [0.15, 0.2) is 70.9 Å². The van der Waals surface area contributed by atoms with E-state index in [9.17, 15) is 13.2 Å². The molecule has 33 heavy (non-hydrogen) atoms. The van der Waals surface area contributed by atoms with E-state index < -0.39 is 10.0 Å². The lowest BCUT2D eigenvalue weighted by molar-refractivity contribution is 0.0953. The highest BCUT2D eigenvalue weighted by molar-refractivity contribution is 7.91. The molecular formula is C24H23N3O4S2. The minimum Gasteiger partial charge on any atom is -0.497 e. The quantitative estimate of drug-likeness (QED) is 0.428. The van der Waals surface area contributed by atoms with Crippen LogP contribution in [0.5, 0.6) is 5.75 Å². The molecule has 1 amide bonds. The summed E-state index contributed by atoms with van der Waals surface area (Å²) in [7, 11) is 1.10. The van der Waals surface area contributed by atoms with E-state index in [1.54, 1.807) is 25.3 Å². The molecule has 4 aromatic rings. The number of hydrogen-bond donors (Lipinski definition) is 1. The number of ether oxygens (including phenoxy) is 1. The minimum atomic E-state index is -3.49. The number of methoxy groups -OCH3 is 1. The van der Waals surface area contributed by atoms with Crippen LogP contribution in [0.3, 0.4) is 0 Å². The van der Waals surface area contributed by atoms with Crippen molar-refractivity contribution < 1.29 is 17.9 Å². The van der Waals surface area contributed by atoms with E-state index in [2.05, 4.69) is 5.32 Å². The molecule has 0 saturated heterocycles. The number of amides is 1.